The van der Waals surface area contributed by atoms with E-state index >= 15 is 0 Å². The summed E-state index contributed by atoms with van der Waals surface area (Å²) < 4.78 is 0. The third-order valence-electron chi connectivity index (χ3n) is 3.46. The number of fused-ring (bicyclic) bond motifs is 1. The van der Waals surface area contributed by atoms with E-state index in [2.05, 4.69) is 10.3 Å². The largest absolute Gasteiger partial charge is 0.399 e. The standard InChI is InChI=1S/C15H17N3OS/c16-11-7-4-10(5-8-11)6-9-14(19)18-15-17-12-2-1-3-13(12)20-15/h4-5,7-8H,1-3,6,9,16H2,(H,17,18,19). The van der Waals surface area contributed by atoms with Gasteiger partial charge in [-0.15, -0.1) is 11.3 Å². The molecule has 0 fully saturated rings. The van der Waals surface area contributed by atoms with Gasteiger partial charge in [0.25, 0.3) is 0 Å². The monoisotopic (exact) mass is 287 g/mol. The van der Waals surface area contributed by atoms with Crippen LogP contribution in [0.5, 0.6) is 0 Å². The first kappa shape index (κ1) is 13.1. The van der Waals surface area contributed by atoms with E-state index in [4.69, 9.17) is 5.73 Å². The number of aromatic nitrogens is 1. The second-order valence-electron chi connectivity index (χ2n) is 5.03. The van der Waals surface area contributed by atoms with Crippen molar-refractivity contribution in [1.29, 1.82) is 0 Å². The summed E-state index contributed by atoms with van der Waals surface area (Å²) in [5.74, 6) is 0.0225. The molecule has 2 aromatic rings. The molecule has 0 unspecified atom stereocenters. The van der Waals surface area contributed by atoms with Crippen LogP contribution in [0.3, 0.4) is 0 Å². The van der Waals surface area contributed by atoms with E-state index in [0.29, 0.717) is 6.42 Å². The van der Waals surface area contributed by atoms with Crippen LogP contribution in [0, 0.1) is 0 Å². The summed E-state index contributed by atoms with van der Waals surface area (Å²) in [5.41, 5.74) is 8.67. The van der Waals surface area contributed by atoms with Crippen molar-refractivity contribution in [2.75, 3.05) is 11.1 Å². The Morgan fingerprint density at radius 3 is 2.85 bits per heavy atom. The van der Waals surface area contributed by atoms with Gasteiger partial charge in [-0.3, -0.25) is 4.79 Å². The summed E-state index contributed by atoms with van der Waals surface area (Å²) >= 11 is 1.61. The molecule has 20 heavy (non-hydrogen) atoms. The van der Waals surface area contributed by atoms with Crippen molar-refractivity contribution >= 4 is 28.1 Å². The molecule has 0 spiro atoms. The van der Waals surface area contributed by atoms with Gasteiger partial charge in [-0.1, -0.05) is 12.1 Å². The minimum absolute atomic E-state index is 0.0225. The van der Waals surface area contributed by atoms with E-state index in [-0.39, 0.29) is 5.91 Å². The number of benzene rings is 1. The third kappa shape index (κ3) is 2.99. The van der Waals surface area contributed by atoms with Gasteiger partial charge in [0, 0.05) is 17.0 Å². The fourth-order valence-corrected chi connectivity index (χ4v) is 3.43. The maximum Gasteiger partial charge on any atom is 0.226 e. The number of hydrogen-bond acceptors (Lipinski definition) is 4. The summed E-state index contributed by atoms with van der Waals surface area (Å²) in [5, 5.41) is 3.64. The zero-order valence-corrected chi connectivity index (χ0v) is 12.0. The molecule has 104 valence electrons. The Balaban J connectivity index is 1.53. The van der Waals surface area contributed by atoms with Crippen LogP contribution in [0.2, 0.25) is 0 Å². The van der Waals surface area contributed by atoms with E-state index in [1.165, 1.54) is 17.0 Å². The fraction of sp³-hybridized carbons (Fsp3) is 0.333. The van der Waals surface area contributed by atoms with E-state index in [1.807, 2.05) is 24.3 Å². The Labute approximate surface area is 122 Å². The number of rotatable bonds is 4. The smallest absolute Gasteiger partial charge is 0.226 e. The number of amides is 1. The highest BCUT2D eigenvalue weighted by molar-refractivity contribution is 7.15. The number of aryl methyl sites for hydroxylation is 3. The summed E-state index contributed by atoms with van der Waals surface area (Å²) in [7, 11) is 0. The molecule has 1 heterocycles. The van der Waals surface area contributed by atoms with Gasteiger partial charge in [0.1, 0.15) is 0 Å². The number of carbonyl (C=O) groups is 1. The summed E-state index contributed by atoms with van der Waals surface area (Å²) in [6.45, 7) is 0. The molecule has 1 aliphatic carbocycles. The van der Waals surface area contributed by atoms with Crippen molar-refractivity contribution in [1.82, 2.24) is 4.98 Å². The second-order valence-corrected chi connectivity index (χ2v) is 6.12. The Kier molecular flexibility index (Phi) is 3.69. The zero-order valence-electron chi connectivity index (χ0n) is 11.2. The highest BCUT2D eigenvalue weighted by Crippen LogP contribution is 2.30. The van der Waals surface area contributed by atoms with Crippen LogP contribution in [-0.2, 0) is 24.1 Å². The van der Waals surface area contributed by atoms with Gasteiger partial charge in [-0.25, -0.2) is 4.98 Å². The van der Waals surface area contributed by atoms with Gasteiger partial charge in [-0.2, -0.15) is 0 Å². The lowest BCUT2D eigenvalue weighted by molar-refractivity contribution is -0.116. The van der Waals surface area contributed by atoms with E-state index in [1.54, 1.807) is 11.3 Å². The molecular weight excluding hydrogens is 270 g/mol. The molecule has 0 aliphatic heterocycles. The first-order chi connectivity index (χ1) is 9.70. The summed E-state index contributed by atoms with van der Waals surface area (Å²) in [6.07, 6.45) is 4.53. The lowest BCUT2D eigenvalue weighted by Crippen LogP contribution is -2.12. The normalized spacial score (nSPS) is 13.2. The van der Waals surface area contributed by atoms with Crippen molar-refractivity contribution in [2.45, 2.75) is 32.1 Å². The van der Waals surface area contributed by atoms with Crippen molar-refractivity contribution < 1.29 is 4.79 Å². The quantitative estimate of drug-likeness (QED) is 0.850. The van der Waals surface area contributed by atoms with Crippen LogP contribution < -0.4 is 11.1 Å². The summed E-state index contributed by atoms with van der Waals surface area (Å²) in [4.78, 5) is 17.7. The molecule has 3 rings (SSSR count). The number of hydrogen-bond donors (Lipinski definition) is 2. The topological polar surface area (TPSA) is 68.0 Å². The lowest BCUT2D eigenvalue weighted by Gasteiger charge is -2.03. The van der Waals surface area contributed by atoms with Crippen molar-refractivity contribution in [3.63, 3.8) is 0 Å². The minimum Gasteiger partial charge on any atom is -0.399 e. The number of nitrogen functional groups attached to an aromatic ring is 1. The molecule has 1 amide bonds. The average Bonchev–Trinajstić information content (AvgIpc) is 2.99. The Bertz CT molecular complexity index is 597. The first-order valence-electron chi connectivity index (χ1n) is 6.83. The fourth-order valence-electron chi connectivity index (χ4n) is 2.37. The second kappa shape index (κ2) is 5.63. The van der Waals surface area contributed by atoms with Crippen LogP contribution in [0.1, 0.15) is 29.0 Å². The number of anilines is 2. The molecule has 1 aliphatic rings. The van der Waals surface area contributed by atoms with Gasteiger partial charge in [0.05, 0.1) is 5.69 Å². The molecule has 0 atom stereocenters. The van der Waals surface area contributed by atoms with Gasteiger partial charge in [0.2, 0.25) is 5.91 Å². The Morgan fingerprint density at radius 1 is 1.30 bits per heavy atom. The number of nitrogens with zero attached hydrogens (tertiary/aromatic N) is 1. The van der Waals surface area contributed by atoms with E-state index in [9.17, 15) is 4.79 Å². The molecular formula is C15H17N3OS. The minimum atomic E-state index is 0.0225. The van der Waals surface area contributed by atoms with Crippen LogP contribution in [-0.4, -0.2) is 10.9 Å². The Hall–Kier alpha value is -1.88. The van der Waals surface area contributed by atoms with Crippen molar-refractivity contribution in [3.05, 3.63) is 40.4 Å². The number of carbonyl (C=O) groups excluding carboxylic acids is 1. The molecule has 1 aromatic carbocycles. The number of thiazole rings is 1. The number of nitrogens with two attached hydrogens (primary N) is 1. The molecule has 3 N–H and O–H groups in total. The van der Waals surface area contributed by atoms with Crippen LogP contribution >= 0.6 is 11.3 Å². The SMILES string of the molecule is Nc1ccc(CCC(=O)Nc2nc3c(s2)CCC3)cc1. The van der Waals surface area contributed by atoms with Crippen molar-refractivity contribution in [2.24, 2.45) is 0 Å². The molecule has 0 radical (unpaired) electrons. The predicted octanol–water partition coefficient (Wildman–Crippen LogP) is 2.79. The predicted molar refractivity (Wildman–Crippen MR) is 81.9 cm³/mol. The van der Waals surface area contributed by atoms with Gasteiger partial charge in [-0.05, 0) is 43.4 Å². The maximum absolute atomic E-state index is 11.9. The van der Waals surface area contributed by atoms with Crippen LogP contribution in [0.25, 0.3) is 0 Å². The van der Waals surface area contributed by atoms with Gasteiger partial charge < -0.3 is 11.1 Å². The molecule has 1 aromatic heterocycles. The third-order valence-corrected chi connectivity index (χ3v) is 4.54. The molecule has 0 bridgehead atoms. The summed E-state index contributed by atoms with van der Waals surface area (Å²) in [6, 6.07) is 7.64. The molecule has 5 heteroatoms. The van der Waals surface area contributed by atoms with Crippen molar-refractivity contribution in [3.8, 4) is 0 Å². The van der Waals surface area contributed by atoms with Gasteiger partial charge >= 0.3 is 0 Å². The zero-order chi connectivity index (χ0) is 13.9. The first-order valence-corrected chi connectivity index (χ1v) is 7.65. The average molecular weight is 287 g/mol. The van der Waals surface area contributed by atoms with E-state index in [0.717, 1.165) is 35.6 Å². The molecule has 4 nitrogen and oxygen atoms in total. The molecule has 0 saturated carbocycles. The van der Waals surface area contributed by atoms with Crippen LogP contribution in [0.4, 0.5) is 10.8 Å². The molecule has 0 saturated heterocycles. The van der Waals surface area contributed by atoms with Gasteiger partial charge in [0.15, 0.2) is 5.13 Å². The highest BCUT2D eigenvalue weighted by Gasteiger charge is 2.17. The number of nitrogens with one attached hydrogen (secondary N) is 1. The highest BCUT2D eigenvalue weighted by atomic mass is 32.1. The van der Waals surface area contributed by atoms with Crippen LogP contribution in [0.15, 0.2) is 24.3 Å². The maximum atomic E-state index is 11.9. The lowest BCUT2D eigenvalue weighted by atomic mass is 10.1. The Morgan fingerprint density at radius 2 is 2.10 bits per heavy atom. The van der Waals surface area contributed by atoms with E-state index < -0.39 is 0 Å².